The molecule has 4 nitrogen and oxygen atoms in total. The topological polar surface area (TPSA) is 54.6 Å². The molecule has 1 fully saturated rings. The number of hydrogen-bond acceptors (Lipinski definition) is 3. The number of aromatic nitrogens is 2. The number of imidazole rings is 1. The normalized spacial score (nSPS) is 14.6. The predicted molar refractivity (Wildman–Crippen MR) is 86.9 cm³/mol. The van der Waals surface area contributed by atoms with Gasteiger partial charge in [-0.2, -0.15) is 0 Å². The van der Waals surface area contributed by atoms with Gasteiger partial charge < -0.3 is 5.11 Å². The first kappa shape index (κ1) is 13.5. The van der Waals surface area contributed by atoms with Crippen LogP contribution in [-0.2, 0) is 0 Å². The Hall–Kier alpha value is -2.14. The van der Waals surface area contributed by atoms with Gasteiger partial charge in [-0.1, -0.05) is 23.5 Å². The molecule has 0 amide bonds. The molecule has 1 saturated carbocycles. The Morgan fingerprint density at radius 2 is 2.09 bits per heavy atom. The summed E-state index contributed by atoms with van der Waals surface area (Å²) in [4.78, 5) is 17.3. The van der Waals surface area contributed by atoms with Crippen LogP contribution in [0.4, 0.5) is 0 Å². The molecule has 112 valence electrons. The molecule has 0 saturated heterocycles. The summed E-state index contributed by atoms with van der Waals surface area (Å²) in [7, 11) is 0. The monoisotopic (exact) mass is 312 g/mol. The van der Waals surface area contributed by atoms with Gasteiger partial charge in [0.25, 0.3) is 0 Å². The molecule has 0 aliphatic heterocycles. The second-order valence-electron chi connectivity index (χ2n) is 5.97. The first-order valence-electron chi connectivity index (χ1n) is 7.37. The Morgan fingerprint density at radius 1 is 1.32 bits per heavy atom. The third kappa shape index (κ3) is 2.04. The number of benzene rings is 1. The number of carbonyl (C=O) groups is 1. The van der Waals surface area contributed by atoms with E-state index in [-0.39, 0.29) is 0 Å². The molecule has 0 spiro atoms. The average molecular weight is 312 g/mol. The average Bonchev–Trinajstić information content (AvgIpc) is 3.11. The zero-order valence-corrected chi connectivity index (χ0v) is 13.3. The van der Waals surface area contributed by atoms with E-state index in [0.717, 1.165) is 34.8 Å². The van der Waals surface area contributed by atoms with Gasteiger partial charge in [-0.15, -0.1) is 0 Å². The third-order valence-electron chi connectivity index (χ3n) is 4.32. The summed E-state index contributed by atoms with van der Waals surface area (Å²) in [5, 5.41) is 9.38. The molecule has 22 heavy (non-hydrogen) atoms. The van der Waals surface area contributed by atoms with E-state index in [9.17, 15) is 9.90 Å². The summed E-state index contributed by atoms with van der Waals surface area (Å²) in [6.45, 7) is 4.19. The fraction of sp³-hybridized carbons (Fsp3) is 0.294. The van der Waals surface area contributed by atoms with Crippen LogP contribution >= 0.6 is 11.3 Å². The minimum atomic E-state index is -0.842. The number of aromatic carboxylic acids is 1. The smallest absolute Gasteiger partial charge is 0.347 e. The van der Waals surface area contributed by atoms with Gasteiger partial charge in [0.1, 0.15) is 4.88 Å². The number of hydrogen-bond donors (Lipinski definition) is 1. The SMILES string of the molecule is Cc1ccc(-c2cn3c(C4CC4)c(C(=O)O)sc3n2)cc1C. The van der Waals surface area contributed by atoms with Crippen molar-refractivity contribution in [3.63, 3.8) is 0 Å². The van der Waals surface area contributed by atoms with Crippen LogP contribution in [0.25, 0.3) is 16.2 Å². The molecule has 1 N–H and O–H groups in total. The molecule has 4 rings (SSSR count). The van der Waals surface area contributed by atoms with Gasteiger partial charge in [-0.05, 0) is 43.9 Å². The molecule has 1 aliphatic carbocycles. The molecular weight excluding hydrogens is 296 g/mol. The Labute approximate surface area is 132 Å². The Kier molecular flexibility index (Phi) is 2.87. The standard InChI is InChI=1S/C17H16N2O2S/c1-9-3-4-12(7-10(9)2)13-8-19-14(11-5-6-11)15(16(20)21)22-17(19)18-13/h3-4,7-8,11H,5-6H2,1-2H3,(H,20,21). The minimum absolute atomic E-state index is 0.377. The molecule has 5 heteroatoms. The molecule has 0 radical (unpaired) electrons. The maximum absolute atomic E-state index is 11.4. The number of nitrogens with zero attached hydrogens (tertiary/aromatic N) is 2. The second kappa shape index (κ2) is 4.68. The van der Waals surface area contributed by atoms with E-state index in [1.165, 1.54) is 22.5 Å². The van der Waals surface area contributed by atoms with Crippen LogP contribution in [-0.4, -0.2) is 20.5 Å². The quantitative estimate of drug-likeness (QED) is 0.786. The van der Waals surface area contributed by atoms with Crippen LogP contribution in [0.2, 0.25) is 0 Å². The van der Waals surface area contributed by atoms with E-state index in [2.05, 4.69) is 37.0 Å². The Bertz CT molecular complexity index is 903. The van der Waals surface area contributed by atoms with E-state index in [1.54, 1.807) is 0 Å². The third-order valence-corrected chi connectivity index (χ3v) is 5.38. The molecule has 1 aromatic carbocycles. The van der Waals surface area contributed by atoms with Crippen molar-refractivity contribution in [1.29, 1.82) is 0 Å². The predicted octanol–water partition coefficient (Wildman–Crippen LogP) is 4.26. The zero-order chi connectivity index (χ0) is 15.4. The second-order valence-corrected chi connectivity index (χ2v) is 6.95. The molecule has 1 aliphatic rings. The maximum atomic E-state index is 11.4. The van der Waals surface area contributed by atoms with Gasteiger partial charge in [0.15, 0.2) is 4.96 Å². The maximum Gasteiger partial charge on any atom is 0.347 e. The van der Waals surface area contributed by atoms with Crippen LogP contribution in [0.5, 0.6) is 0 Å². The van der Waals surface area contributed by atoms with E-state index in [1.807, 2.05) is 10.6 Å². The van der Waals surface area contributed by atoms with E-state index < -0.39 is 5.97 Å². The minimum Gasteiger partial charge on any atom is -0.477 e. The largest absolute Gasteiger partial charge is 0.477 e. The number of rotatable bonds is 3. The van der Waals surface area contributed by atoms with Crippen LogP contribution in [0.1, 0.15) is 45.3 Å². The van der Waals surface area contributed by atoms with E-state index >= 15 is 0 Å². The highest BCUT2D eigenvalue weighted by molar-refractivity contribution is 7.19. The van der Waals surface area contributed by atoms with Crippen molar-refractivity contribution in [1.82, 2.24) is 9.38 Å². The number of carboxylic acids is 1. The Morgan fingerprint density at radius 3 is 2.73 bits per heavy atom. The lowest BCUT2D eigenvalue weighted by molar-refractivity contribution is 0.0700. The fourth-order valence-corrected chi connectivity index (χ4v) is 3.83. The van der Waals surface area contributed by atoms with Crippen LogP contribution in [0.15, 0.2) is 24.4 Å². The van der Waals surface area contributed by atoms with Crippen molar-refractivity contribution in [2.24, 2.45) is 0 Å². The highest BCUT2D eigenvalue weighted by Crippen LogP contribution is 2.44. The molecule has 2 aromatic heterocycles. The lowest BCUT2D eigenvalue weighted by Gasteiger charge is -2.02. The van der Waals surface area contributed by atoms with Crippen molar-refractivity contribution in [2.75, 3.05) is 0 Å². The van der Waals surface area contributed by atoms with Crippen molar-refractivity contribution in [3.05, 3.63) is 46.1 Å². The van der Waals surface area contributed by atoms with Gasteiger partial charge in [-0.25, -0.2) is 9.78 Å². The van der Waals surface area contributed by atoms with Crippen LogP contribution in [0, 0.1) is 13.8 Å². The summed E-state index contributed by atoms with van der Waals surface area (Å²) in [6, 6.07) is 6.31. The molecule has 0 unspecified atom stereocenters. The van der Waals surface area contributed by atoms with Gasteiger partial charge in [0.05, 0.1) is 11.4 Å². The summed E-state index contributed by atoms with van der Waals surface area (Å²) < 4.78 is 1.98. The van der Waals surface area contributed by atoms with Crippen LogP contribution < -0.4 is 0 Å². The van der Waals surface area contributed by atoms with Gasteiger partial charge in [0, 0.05) is 17.7 Å². The Balaban J connectivity index is 1.87. The van der Waals surface area contributed by atoms with Crippen molar-refractivity contribution in [3.8, 4) is 11.3 Å². The first-order chi connectivity index (χ1) is 10.5. The summed E-state index contributed by atoms with van der Waals surface area (Å²) in [5.41, 5.74) is 5.42. The highest BCUT2D eigenvalue weighted by atomic mass is 32.1. The zero-order valence-electron chi connectivity index (χ0n) is 12.5. The molecule has 0 bridgehead atoms. The number of fused-ring (bicyclic) bond motifs is 1. The number of thiazole rings is 1. The highest BCUT2D eigenvalue weighted by Gasteiger charge is 2.33. The lowest BCUT2D eigenvalue weighted by Crippen LogP contribution is -1.99. The number of carboxylic acid groups (broad SMARTS) is 1. The summed E-state index contributed by atoms with van der Waals surface area (Å²) in [6.07, 6.45) is 4.13. The van der Waals surface area contributed by atoms with E-state index in [0.29, 0.717) is 10.8 Å². The van der Waals surface area contributed by atoms with Crippen LogP contribution in [0.3, 0.4) is 0 Å². The van der Waals surface area contributed by atoms with Crippen molar-refractivity contribution < 1.29 is 9.90 Å². The van der Waals surface area contributed by atoms with E-state index in [4.69, 9.17) is 0 Å². The number of aryl methyl sites for hydroxylation is 2. The fourth-order valence-electron chi connectivity index (χ4n) is 2.79. The molecule has 0 atom stereocenters. The summed E-state index contributed by atoms with van der Waals surface area (Å²) >= 11 is 1.28. The molecule has 2 heterocycles. The van der Waals surface area contributed by atoms with Gasteiger partial charge >= 0.3 is 5.97 Å². The van der Waals surface area contributed by atoms with Crippen molar-refractivity contribution >= 4 is 22.3 Å². The lowest BCUT2D eigenvalue weighted by atomic mass is 10.0. The molecule has 3 aromatic rings. The first-order valence-corrected chi connectivity index (χ1v) is 8.19. The van der Waals surface area contributed by atoms with Crippen molar-refractivity contribution in [2.45, 2.75) is 32.6 Å². The van der Waals surface area contributed by atoms with Gasteiger partial charge in [0.2, 0.25) is 0 Å². The molecular formula is C17H16N2O2S. The summed E-state index contributed by atoms with van der Waals surface area (Å²) in [5.74, 6) is -0.466. The van der Waals surface area contributed by atoms with Gasteiger partial charge in [-0.3, -0.25) is 4.40 Å².